The molecule has 0 spiro atoms. The molecule has 212 valence electrons. The third-order valence-electron chi connectivity index (χ3n) is 5.95. The molecular formula is C28H28F3N3O6. The van der Waals surface area contributed by atoms with Crippen LogP contribution in [0.3, 0.4) is 0 Å². The summed E-state index contributed by atoms with van der Waals surface area (Å²) in [6.45, 7) is 2.31. The van der Waals surface area contributed by atoms with E-state index in [0.29, 0.717) is 37.7 Å². The van der Waals surface area contributed by atoms with Gasteiger partial charge in [-0.2, -0.15) is 0 Å². The number of aromatic carboxylic acids is 1. The third-order valence-corrected chi connectivity index (χ3v) is 5.95. The maximum Gasteiger partial charge on any atom is 0.573 e. The minimum Gasteiger partial charge on any atom is -0.493 e. The Morgan fingerprint density at radius 2 is 1.82 bits per heavy atom. The molecule has 40 heavy (non-hydrogen) atoms. The molecule has 0 bridgehead atoms. The number of rotatable bonds is 14. The zero-order valence-corrected chi connectivity index (χ0v) is 21.7. The van der Waals surface area contributed by atoms with E-state index in [1.165, 1.54) is 31.4 Å². The number of alkyl halides is 3. The van der Waals surface area contributed by atoms with Crippen molar-refractivity contribution in [2.45, 2.75) is 25.7 Å². The lowest BCUT2D eigenvalue weighted by Crippen LogP contribution is -2.18. The molecule has 0 aliphatic heterocycles. The Morgan fingerprint density at radius 1 is 0.975 bits per heavy atom. The molecule has 2 heterocycles. The van der Waals surface area contributed by atoms with Gasteiger partial charge in [-0.1, -0.05) is 12.1 Å². The van der Waals surface area contributed by atoms with Crippen LogP contribution in [0.4, 0.5) is 13.2 Å². The molecule has 0 saturated heterocycles. The van der Waals surface area contributed by atoms with Gasteiger partial charge in [0.1, 0.15) is 6.61 Å². The summed E-state index contributed by atoms with van der Waals surface area (Å²) in [6, 6.07) is 10.9. The average molecular weight is 560 g/mol. The Hall–Kier alpha value is -4.16. The highest BCUT2D eigenvalue weighted by atomic mass is 19.4. The number of carboxylic acids is 1. The molecule has 12 heteroatoms. The summed E-state index contributed by atoms with van der Waals surface area (Å²) >= 11 is 0. The molecule has 2 N–H and O–H groups in total. The van der Waals surface area contributed by atoms with Crippen LogP contribution in [0.1, 0.15) is 28.8 Å². The topological polar surface area (TPSA) is 112 Å². The van der Waals surface area contributed by atoms with Gasteiger partial charge in [-0.25, -0.2) is 9.78 Å². The maximum atomic E-state index is 12.5. The van der Waals surface area contributed by atoms with Crippen LogP contribution >= 0.6 is 0 Å². The molecule has 9 nitrogen and oxygen atoms in total. The lowest BCUT2D eigenvalue weighted by Gasteiger charge is -2.14. The Labute approximate surface area is 227 Å². The molecular weight excluding hydrogens is 531 g/mol. The Kier molecular flexibility index (Phi) is 9.56. The smallest absolute Gasteiger partial charge is 0.493 e. The van der Waals surface area contributed by atoms with Crippen molar-refractivity contribution in [3.05, 3.63) is 66.0 Å². The normalized spacial score (nSPS) is 11.6. The first-order valence-electron chi connectivity index (χ1n) is 12.5. The number of fused-ring (bicyclic) bond motifs is 3. The van der Waals surface area contributed by atoms with Gasteiger partial charge in [-0.3, -0.25) is 4.98 Å². The minimum atomic E-state index is -4.78. The number of nitrogens with zero attached hydrogens (tertiary/aromatic N) is 2. The van der Waals surface area contributed by atoms with Crippen molar-refractivity contribution < 1.29 is 42.0 Å². The number of benzene rings is 2. The van der Waals surface area contributed by atoms with Gasteiger partial charge in [-0.05, 0) is 55.3 Å². The fourth-order valence-corrected chi connectivity index (χ4v) is 4.08. The summed E-state index contributed by atoms with van der Waals surface area (Å²) in [5.74, 6) is -1.01. The largest absolute Gasteiger partial charge is 0.573 e. The number of nitrogens with one attached hydrogen (secondary N) is 1. The van der Waals surface area contributed by atoms with Crippen LogP contribution in [0.15, 0.2) is 54.9 Å². The van der Waals surface area contributed by atoms with E-state index in [2.05, 4.69) is 20.0 Å². The Bertz CT molecular complexity index is 1460. The first-order valence-corrected chi connectivity index (χ1v) is 12.5. The monoisotopic (exact) mass is 559 g/mol. The average Bonchev–Trinajstić information content (AvgIpc) is 2.93. The second-order valence-corrected chi connectivity index (χ2v) is 8.75. The van der Waals surface area contributed by atoms with Gasteiger partial charge in [0.05, 0.1) is 24.8 Å². The molecule has 0 aliphatic rings. The number of methoxy groups -OCH3 is 1. The molecule has 4 rings (SSSR count). The predicted octanol–water partition coefficient (Wildman–Crippen LogP) is 5.35. The second-order valence-electron chi connectivity index (χ2n) is 8.75. The third kappa shape index (κ3) is 7.70. The minimum absolute atomic E-state index is 0.0146. The quantitative estimate of drug-likeness (QED) is 0.156. The van der Waals surface area contributed by atoms with E-state index in [0.717, 1.165) is 34.6 Å². The van der Waals surface area contributed by atoms with Crippen LogP contribution in [0.25, 0.3) is 21.7 Å². The van der Waals surface area contributed by atoms with Crippen molar-refractivity contribution in [2.24, 2.45) is 0 Å². The lowest BCUT2D eigenvalue weighted by molar-refractivity contribution is -0.275. The van der Waals surface area contributed by atoms with E-state index >= 15 is 0 Å². The Morgan fingerprint density at radius 3 is 2.60 bits per heavy atom. The fourth-order valence-electron chi connectivity index (χ4n) is 4.08. The van der Waals surface area contributed by atoms with Gasteiger partial charge in [0, 0.05) is 41.7 Å². The van der Waals surface area contributed by atoms with Crippen molar-refractivity contribution in [2.75, 3.05) is 33.5 Å². The molecule has 2 aromatic carbocycles. The SMILES string of the molecule is COc1cc(CNCCCCOCCOc2nc3cc(C(=O)O)ccc3c3cnccc23)ccc1OC(F)(F)F. The molecule has 2 aromatic heterocycles. The highest BCUT2D eigenvalue weighted by Crippen LogP contribution is 2.33. The number of unbranched alkanes of at least 4 members (excludes halogenated alkanes) is 1. The standard InChI is InChI=1S/C28H28F3N3O6/c1-37-25-14-18(4-7-24(25)40-28(29,30)31)16-32-9-2-3-11-38-12-13-39-26-21-8-10-33-17-22(21)20-6-5-19(27(35)36)15-23(20)34-26/h4-8,10,14-15,17,32H,2-3,9,11-13,16H2,1H3,(H,35,36). The molecule has 0 atom stereocenters. The number of halogens is 3. The van der Waals surface area contributed by atoms with Gasteiger partial charge in [0.25, 0.3) is 0 Å². The van der Waals surface area contributed by atoms with Crippen molar-refractivity contribution >= 4 is 27.6 Å². The predicted molar refractivity (Wildman–Crippen MR) is 141 cm³/mol. The van der Waals surface area contributed by atoms with E-state index in [1.54, 1.807) is 30.6 Å². The number of pyridine rings is 2. The summed E-state index contributed by atoms with van der Waals surface area (Å²) < 4.78 is 57.9. The number of hydrogen-bond acceptors (Lipinski definition) is 8. The molecule has 4 aromatic rings. The van der Waals surface area contributed by atoms with Gasteiger partial charge in [0.2, 0.25) is 5.88 Å². The first kappa shape index (κ1) is 28.8. The number of ether oxygens (including phenoxy) is 4. The fraction of sp³-hybridized carbons (Fsp3) is 0.321. The van der Waals surface area contributed by atoms with Gasteiger partial charge >= 0.3 is 12.3 Å². The van der Waals surface area contributed by atoms with Gasteiger partial charge < -0.3 is 29.4 Å². The second kappa shape index (κ2) is 13.3. The molecule has 0 fully saturated rings. The summed E-state index contributed by atoms with van der Waals surface area (Å²) in [7, 11) is 1.29. The van der Waals surface area contributed by atoms with Crippen LogP contribution in [0.2, 0.25) is 0 Å². The number of carbonyl (C=O) groups is 1. The van der Waals surface area contributed by atoms with Crippen LogP contribution < -0.4 is 19.5 Å². The number of carboxylic acid groups (broad SMARTS) is 1. The molecule has 0 unspecified atom stereocenters. The molecule has 0 amide bonds. The zero-order chi connectivity index (χ0) is 28.5. The highest BCUT2D eigenvalue weighted by Gasteiger charge is 2.32. The van der Waals surface area contributed by atoms with E-state index in [9.17, 15) is 23.1 Å². The summed E-state index contributed by atoms with van der Waals surface area (Å²) in [6.07, 6.45) is 0.199. The van der Waals surface area contributed by atoms with Crippen LogP contribution in [0.5, 0.6) is 17.4 Å². The van der Waals surface area contributed by atoms with Crippen molar-refractivity contribution in [3.63, 3.8) is 0 Å². The van der Waals surface area contributed by atoms with Crippen LogP contribution in [-0.4, -0.2) is 60.9 Å². The first-order chi connectivity index (χ1) is 19.2. The lowest BCUT2D eigenvalue weighted by atomic mass is 10.1. The summed E-state index contributed by atoms with van der Waals surface area (Å²) in [4.78, 5) is 20.1. The number of hydrogen-bond donors (Lipinski definition) is 2. The molecule has 0 saturated carbocycles. The molecule has 0 radical (unpaired) electrons. The van der Waals surface area contributed by atoms with E-state index < -0.39 is 12.3 Å². The Balaban J connectivity index is 1.17. The molecule has 0 aliphatic carbocycles. The van der Waals surface area contributed by atoms with E-state index in [1.807, 2.05) is 0 Å². The van der Waals surface area contributed by atoms with Crippen molar-refractivity contribution in [3.8, 4) is 17.4 Å². The van der Waals surface area contributed by atoms with Crippen LogP contribution in [0, 0.1) is 0 Å². The van der Waals surface area contributed by atoms with Crippen LogP contribution in [-0.2, 0) is 11.3 Å². The van der Waals surface area contributed by atoms with Crippen molar-refractivity contribution in [1.29, 1.82) is 0 Å². The summed E-state index contributed by atoms with van der Waals surface area (Å²) in [5.41, 5.74) is 1.41. The zero-order valence-electron chi connectivity index (χ0n) is 21.7. The van der Waals surface area contributed by atoms with Gasteiger partial charge in [-0.15, -0.1) is 13.2 Å². The van der Waals surface area contributed by atoms with E-state index in [4.69, 9.17) is 14.2 Å². The highest BCUT2D eigenvalue weighted by molar-refractivity contribution is 6.08. The number of aromatic nitrogens is 2. The van der Waals surface area contributed by atoms with Gasteiger partial charge in [0.15, 0.2) is 11.5 Å². The van der Waals surface area contributed by atoms with E-state index in [-0.39, 0.29) is 23.7 Å². The maximum absolute atomic E-state index is 12.5. The van der Waals surface area contributed by atoms with Crippen molar-refractivity contribution in [1.82, 2.24) is 15.3 Å². The summed E-state index contributed by atoms with van der Waals surface area (Å²) in [5, 5.41) is 14.9.